The summed E-state index contributed by atoms with van der Waals surface area (Å²) in [7, 11) is 0. The standard InChI is InChI=1S/C13H16BrNO3/c1-8(2)3-6-12(16)15-11-7-9(14)4-5-10(11)13(17)18/h4-5,7-8H,3,6H2,1-2H3,(H,15,16)(H,17,18). The van der Waals surface area contributed by atoms with Gasteiger partial charge in [-0.05, 0) is 30.5 Å². The predicted molar refractivity (Wildman–Crippen MR) is 73.8 cm³/mol. The molecular weight excluding hydrogens is 298 g/mol. The molecule has 1 rings (SSSR count). The summed E-state index contributed by atoms with van der Waals surface area (Å²) in [6.07, 6.45) is 1.17. The molecular formula is C13H16BrNO3. The Labute approximate surface area is 115 Å². The molecule has 0 fully saturated rings. The summed E-state index contributed by atoms with van der Waals surface area (Å²) in [6.45, 7) is 4.07. The first kappa shape index (κ1) is 14.7. The average molecular weight is 314 g/mol. The molecule has 0 atom stereocenters. The van der Waals surface area contributed by atoms with E-state index in [1.807, 2.05) is 13.8 Å². The molecule has 0 saturated heterocycles. The van der Waals surface area contributed by atoms with E-state index in [1.54, 1.807) is 12.1 Å². The molecule has 0 aliphatic carbocycles. The smallest absolute Gasteiger partial charge is 0.337 e. The van der Waals surface area contributed by atoms with Crippen LogP contribution in [-0.4, -0.2) is 17.0 Å². The average Bonchev–Trinajstić information content (AvgIpc) is 2.26. The van der Waals surface area contributed by atoms with Crippen LogP contribution in [0.5, 0.6) is 0 Å². The summed E-state index contributed by atoms with van der Waals surface area (Å²) >= 11 is 3.25. The fraction of sp³-hybridized carbons (Fsp3) is 0.385. The van der Waals surface area contributed by atoms with Crippen molar-refractivity contribution in [2.24, 2.45) is 5.92 Å². The van der Waals surface area contributed by atoms with Crippen LogP contribution in [0.15, 0.2) is 22.7 Å². The first-order valence-electron chi connectivity index (χ1n) is 5.73. The highest BCUT2D eigenvalue weighted by Crippen LogP contribution is 2.22. The Hall–Kier alpha value is -1.36. The largest absolute Gasteiger partial charge is 0.478 e. The third-order valence-electron chi connectivity index (χ3n) is 2.43. The highest BCUT2D eigenvalue weighted by atomic mass is 79.9. The molecule has 0 unspecified atom stereocenters. The highest BCUT2D eigenvalue weighted by molar-refractivity contribution is 9.10. The fourth-order valence-electron chi connectivity index (χ4n) is 1.44. The molecule has 1 aromatic rings. The number of aromatic carboxylic acids is 1. The monoisotopic (exact) mass is 313 g/mol. The second kappa shape index (κ2) is 6.54. The van der Waals surface area contributed by atoms with Crippen LogP contribution in [0.4, 0.5) is 5.69 Å². The number of rotatable bonds is 5. The molecule has 0 saturated carbocycles. The van der Waals surface area contributed by atoms with Crippen LogP contribution in [0, 0.1) is 5.92 Å². The summed E-state index contributed by atoms with van der Waals surface area (Å²) in [5, 5.41) is 11.7. The molecule has 98 valence electrons. The van der Waals surface area contributed by atoms with Crippen molar-refractivity contribution in [1.82, 2.24) is 0 Å². The minimum absolute atomic E-state index is 0.0936. The van der Waals surface area contributed by atoms with Crippen molar-refractivity contribution in [1.29, 1.82) is 0 Å². The molecule has 1 aromatic carbocycles. The van der Waals surface area contributed by atoms with Crippen LogP contribution in [0.2, 0.25) is 0 Å². The van der Waals surface area contributed by atoms with Gasteiger partial charge in [0, 0.05) is 10.9 Å². The molecule has 1 amide bonds. The van der Waals surface area contributed by atoms with Crippen molar-refractivity contribution in [2.75, 3.05) is 5.32 Å². The number of carboxylic acids is 1. The number of carbonyl (C=O) groups excluding carboxylic acids is 1. The van der Waals surface area contributed by atoms with Gasteiger partial charge in [0.25, 0.3) is 0 Å². The summed E-state index contributed by atoms with van der Waals surface area (Å²) in [4.78, 5) is 22.7. The van der Waals surface area contributed by atoms with E-state index in [2.05, 4.69) is 21.2 Å². The molecule has 0 aliphatic heterocycles. The Morgan fingerprint density at radius 1 is 1.39 bits per heavy atom. The fourth-order valence-corrected chi connectivity index (χ4v) is 1.80. The zero-order valence-corrected chi connectivity index (χ0v) is 12.0. The van der Waals surface area contributed by atoms with Gasteiger partial charge in [-0.2, -0.15) is 0 Å². The quantitative estimate of drug-likeness (QED) is 0.874. The van der Waals surface area contributed by atoms with Gasteiger partial charge < -0.3 is 10.4 Å². The Bertz CT molecular complexity index is 458. The zero-order valence-electron chi connectivity index (χ0n) is 10.4. The van der Waals surface area contributed by atoms with Gasteiger partial charge in [-0.3, -0.25) is 4.79 Å². The molecule has 18 heavy (non-hydrogen) atoms. The van der Waals surface area contributed by atoms with Crippen LogP contribution in [-0.2, 0) is 4.79 Å². The number of halogens is 1. The minimum atomic E-state index is -1.05. The van der Waals surface area contributed by atoms with Gasteiger partial charge in [-0.25, -0.2) is 4.79 Å². The van der Waals surface area contributed by atoms with E-state index >= 15 is 0 Å². The van der Waals surface area contributed by atoms with Gasteiger partial charge in [0.15, 0.2) is 0 Å². The van der Waals surface area contributed by atoms with Crippen molar-refractivity contribution in [3.63, 3.8) is 0 Å². The topological polar surface area (TPSA) is 66.4 Å². The van der Waals surface area contributed by atoms with E-state index in [9.17, 15) is 9.59 Å². The Kier molecular flexibility index (Phi) is 5.34. The van der Waals surface area contributed by atoms with Crippen molar-refractivity contribution < 1.29 is 14.7 Å². The van der Waals surface area contributed by atoms with Gasteiger partial charge in [-0.15, -0.1) is 0 Å². The second-order valence-corrected chi connectivity index (χ2v) is 5.39. The molecule has 2 N–H and O–H groups in total. The maximum Gasteiger partial charge on any atom is 0.337 e. The number of amides is 1. The van der Waals surface area contributed by atoms with Crippen LogP contribution >= 0.6 is 15.9 Å². The number of hydrogen-bond acceptors (Lipinski definition) is 2. The summed E-state index contributed by atoms with van der Waals surface area (Å²) in [6, 6.07) is 4.69. The highest BCUT2D eigenvalue weighted by Gasteiger charge is 2.13. The lowest BCUT2D eigenvalue weighted by atomic mass is 10.1. The van der Waals surface area contributed by atoms with Gasteiger partial charge >= 0.3 is 5.97 Å². The van der Waals surface area contributed by atoms with Crippen molar-refractivity contribution in [3.05, 3.63) is 28.2 Å². The Balaban J connectivity index is 2.79. The minimum Gasteiger partial charge on any atom is -0.478 e. The summed E-state index contributed by atoms with van der Waals surface area (Å²) in [5.74, 6) is -0.775. The van der Waals surface area contributed by atoms with E-state index in [0.717, 1.165) is 10.9 Å². The van der Waals surface area contributed by atoms with Gasteiger partial charge in [-0.1, -0.05) is 29.8 Å². The van der Waals surface area contributed by atoms with Crippen LogP contribution in [0.3, 0.4) is 0 Å². The third-order valence-corrected chi connectivity index (χ3v) is 2.93. The van der Waals surface area contributed by atoms with Crippen LogP contribution in [0.1, 0.15) is 37.0 Å². The number of hydrogen-bond donors (Lipinski definition) is 2. The van der Waals surface area contributed by atoms with Gasteiger partial charge in [0.1, 0.15) is 0 Å². The molecule has 4 nitrogen and oxygen atoms in total. The molecule has 0 heterocycles. The number of benzene rings is 1. The number of carboxylic acid groups (broad SMARTS) is 1. The molecule has 0 aliphatic rings. The van der Waals surface area contributed by atoms with E-state index < -0.39 is 5.97 Å². The number of nitrogens with one attached hydrogen (secondary N) is 1. The van der Waals surface area contributed by atoms with E-state index in [1.165, 1.54) is 6.07 Å². The molecule has 0 spiro atoms. The summed E-state index contributed by atoms with van der Waals surface area (Å²) < 4.78 is 0.728. The first-order valence-corrected chi connectivity index (χ1v) is 6.52. The lowest BCUT2D eigenvalue weighted by Gasteiger charge is -2.10. The molecule has 5 heteroatoms. The van der Waals surface area contributed by atoms with Crippen molar-refractivity contribution >= 4 is 33.5 Å². The Morgan fingerprint density at radius 3 is 2.61 bits per heavy atom. The van der Waals surface area contributed by atoms with E-state index in [0.29, 0.717) is 18.0 Å². The second-order valence-electron chi connectivity index (χ2n) is 4.48. The number of carbonyl (C=O) groups is 2. The predicted octanol–water partition coefficient (Wildman–Crippen LogP) is 3.52. The van der Waals surface area contributed by atoms with Crippen LogP contribution in [0.25, 0.3) is 0 Å². The third kappa shape index (κ3) is 4.49. The molecule has 0 radical (unpaired) electrons. The lowest BCUT2D eigenvalue weighted by molar-refractivity contribution is -0.116. The van der Waals surface area contributed by atoms with E-state index in [4.69, 9.17) is 5.11 Å². The lowest BCUT2D eigenvalue weighted by Crippen LogP contribution is -2.15. The molecule has 0 aromatic heterocycles. The normalized spacial score (nSPS) is 10.4. The van der Waals surface area contributed by atoms with Crippen molar-refractivity contribution in [3.8, 4) is 0 Å². The van der Waals surface area contributed by atoms with Crippen LogP contribution < -0.4 is 5.32 Å². The SMILES string of the molecule is CC(C)CCC(=O)Nc1cc(Br)ccc1C(=O)O. The zero-order chi connectivity index (χ0) is 13.7. The number of anilines is 1. The maximum absolute atomic E-state index is 11.7. The van der Waals surface area contributed by atoms with Gasteiger partial charge in [0.2, 0.25) is 5.91 Å². The van der Waals surface area contributed by atoms with Crippen molar-refractivity contribution in [2.45, 2.75) is 26.7 Å². The van der Waals surface area contributed by atoms with E-state index in [-0.39, 0.29) is 11.5 Å². The molecule has 0 bridgehead atoms. The Morgan fingerprint density at radius 2 is 2.06 bits per heavy atom. The first-order chi connectivity index (χ1) is 8.40. The maximum atomic E-state index is 11.7. The summed E-state index contributed by atoms with van der Waals surface area (Å²) in [5.41, 5.74) is 0.418. The van der Waals surface area contributed by atoms with Gasteiger partial charge in [0.05, 0.1) is 11.3 Å².